The summed E-state index contributed by atoms with van der Waals surface area (Å²) in [6.07, 6.45) is 5.90. The zero-order valence-electron chi connectivity index (χ0n) is 11.6. The number of halogens is 1. The maximum atomic E-state index is 6.17. The van der Waals surface area contributed by atoms with E-state index in [1.54, 1.807) is 7.11 Å². The highest BCUT2D eigenvalue weighted by Gasteiger charge is 2.24. The van der Waals surface area contributed by atoms with Gasteiger partial charge in [-0.25, -0.2) is 0 Å². The van der Waals surface area contributed by atoms with E-state index >= 15 is 0 Å². The Morgan fingerprint density at radius 3 is 2.86 bits per heavy atom. The van der Waals surface area contributed by atoms with Gasteiger partial charge in [0.1, 0.15) is 23.8 Å². The van der Waals surface area contributed by atoms with Gasteiger partial charge in [-0.2, -0.15) is 4.40 Å². The SMILES string of the molecule is COc1ccc2c(c1)CCc1cnc3ccc(Cl)c[n+]3c1-2. The molecule has 0 atom stereocenters. The quantitative estimate of drug-likeness (QED) is 0.645. The van der Waals surface area contributed by atoms with Crippen molar-refractivity contribution in [1.82, 2.24) is 4.98 Å². The van der Waals surface area contributed by atoms with Gasteiger partial charge in [0.05, 0.1) is 12.1 Å². The van der Waals surface area contributed by atoms with Gasteiger partial charge < -0.3 is 4.74 Å². The van der Waals surface area contributed by atoms with Crippen LogP contribution < -0.4 is 9.14 Å². The Kier molecular flexibility index (Phi) is 2.82. The van der Waals surface area contributed by atoms with E-state index in [0.717, 1.165) is 24.2 Å². The van der Waals surface area contributed by atoms with Crippen molar-refractivity contribution in [1.29, 1.82) is 0 Å². The number of rotatable bonds is 1. The number of aryl methyl sites for hydroxylation is 2. The zero-order chi connectivity index (χ0) is 14.4. The zero-order valence-corrected chi connectivity index (χ0v) is 12.4. The topological polar surface area (TPSA) is 26.2 Å². The lowest BCUT2D eigenvalue weighted by molar-refractivity contribution is -0.502. The molecular formula is C17H14ClN2O+. The van der Waals surface area contributed by atoms with Gasteiger partial charge in [0.25, 0.3) is 0 Å². The lowest BCUT2D eigenvalue weighted by atomic mass is 9.89. The Balaban J connectivity index is 2.05. The maximum absolute atomic E-state index is 6.17. The number of nitrogens with zero attached hydrogens (tertiary/aromatic N) is 2. The first kappa shape index (κ1) is 12.6. The van der Waals surface area contributed by atoms with Crippen LogP contribution in [0.1, 0.15) is 11.1 Å². The van der Waals surface area contributed by atoms with Crippen LogP contribution in [0.15, 0.2) is 42.7 Å². The molecule has 3 aromatic rings. The molecule has 2 aromatic heterocycles. The monoisotopic (exact) mass is 297 g/mol. The Bertz CT molecular complexity index is 861. The molecule has 1 aliphatic carbocycles. The van der Waals surface area contributed by atoms with Crippen molar-refractivity contribution in [2.24, 2.45) is 0 Å². The Morgan fingerprint density at radius 1 is 1.14 bits per heavy atom. The summed E-state index contributed by atoms with van der Waals surface area (Å²) in [6.45, 7) is 0. The van der Waals surface area contributed by atoms with Crippen LogP contribution in [0.2, 0.25) is 5.02 Å². The summed E-state index contributed by atoms with van der Waals surface area (Å²) in [7, 11) is 1.70. The van der Waals surface area contributed by atoms with Gasteiger partial charge in [-0.15, -0.1) is 0 Å². The molecule has 3 nitrogen and oxygen atoms in total. The minimum atomic E-state index is 0.711. The Labute approximate surface area is 127 Å². The average Bonchev–Trinajstić information content (AvgIpc) is 2.53. The van der Waals surface area contributed by atoms with Crippen LogP contribution in [-0.4, -0.2) is 12.1 Å². The molecule has 0 N–H and O–H groups in total. The summed E-state index contributed by atoms with van der Waals surface area (Å²) in [5.74, 6) is 0.901. The lowest BCUT2D eigenvalue weighted by Crippen LogP contribution is -2.29. The van der Waals surface area contributed by atoms with Gasteiger partial charge in [0.15, 0.2) is 0 Å². The third kappa shape index (κ3) is 1.96. The highest BCUT2D eigenvalue weighted by molar-refractivity contribution is 6.30. The minimum Gasteiger partial charge on any atom is -0.497 e. The number of hydrogen-bond donors (Lipinski definition) is 0. The maximum Gasteiger partial charge on any atom is 0.328 e. The first-order chi connectivity index (χ1) is 10.3. The van der Waals surface area contributed by atoms with E-state index in [1.807, 2.05) is 30.6 Å². The van der Waals surface area contributed by atoms with Crippen LogP contribution in [0.4, 0.5) is 0 Å². The molecule has 21 heavy (non-hydrogen) atoms. The fraction of sp³-hybridized carbons (Fsp3) is 0.176. The summed E-state index contributed by atoms with van der Waals surface area (Å²) in [4.78, 5) is 4.52. The van der Waals surface area contributed by atoms with E-state index in [-0.39, 0.29) is 0 Å². The summed E-state index contributed by atoms with van der Waals surface area (Å²) in [5.41, 5.74) is 5.89. The average molecular weight is 298 g/mol. The summed E-state index contributed by atoms with van der Waals surface area (Å²) < 4.78 is 7.42. The second-order valence-electron chi connectivity index (χ2n) is 5.23. The molecule has 0 bridgehead atoms. The van der Waals surface area contributed by atoms with Crippen molar-refractivity contribution < 1.29 is 9.14 Å². The molecule has 0 amide bonds. The van der Waals surface area contributed by atoms with Gasteiger partial charge in [0, 0.05) is 17.2 Å². The number of methoxy groups -OCH3 is 1. The predicted molar refractivity (Wildman–Crippen MR) is 81.8 cm³/mol. The van der Waals surface area contributed by atoms with Crippen molar-refractivity contribution in [3.05, 3.63) is 58.9 Å². The van der Waals surface area contributed by atoms with Gasteiger partial charge in [-0.1, -0.05) is 11.6 Å². The molecule has 0 saturated heterocycles. The molecule has 0 aliphatic heterocycles. The molecule has 0 fully saturated rings. The normalized spacial score (nSPS) is 12.9. The number of aromatic nitrogens is 2. The van der Waals surface area contributed by atoms with Gasteiger partial charge in [-0.3, -0.25) is 0 Å². The number of ether oxygens (including phenoxy) is 1. The summed E-state index contributed by atoms with van der Waals surface area (Å²) in [5, 5.41) is 0.711. The second kappa shape index (κ2) is 4.71. The molecule has 104 valence electrons. The first-order valence-electron chi connectivity index (χ1n) is 6.92. The molecule has 0 saturated carbocycles. The number of benzene rings is 1. The smallest absolute Gasteiger partial charge is 0.328 e. The molecule has 1 aromatic carbocycles. The van der Waals surface area contributed by atoms with Gasteiger partial charge in [-0.05, 0) is 47.7 Å². The predicted octanol–water partition coefficient (Wildman–Crippen LogP) is 3.25. The highest BCUT2D eigenvalue weighted by Crippen LogP contribution is 2.33. The third-order valence-corrected chi connectivity index (χ3v) is 4.24. The summed E-state index contributed by atoms with van der Waals surface area (Å²) in [6, 6.07) is 10.1. The largest absolute Gasteiger partial charge is 0.497 e. The van der Waals surface area contributed by atoms with Crippen LogP contribution in [0, 0.1) is 0 Å². The lowest BCUT2D eigenvalue weighted by Gasteiger charge is -2.18. The molecule has 2 heterocycles. The van der Waals surface area contributed by atoms with Crippen molar-refractivity contribution in [3.8, 4) is 17.0 Å². The van der Waals surface area contributed by atoms with Crippen LogP contribution in [0.25, 0.3) is 16.9 Å². The van der Waals surface area contributed by atoms with Gasteiger partial charge >= 0.3 is 5.65 Å². The third-order valence-electron chi connectivity index (χ3n) is 4.02. The van der Waals surface area contributed by atoms with E-state index in [1.165, 1.54) is 22.4 Å². The molecule has 4 rings (SSSR count). The van der Waals surface area contributed by atoms with Gasteiger partial charge in [0.2, 0.25) is 0 Å². The van der Waals surface area contributed by atoms with Crippen molar-refractivity contribution >= 4 is 17.2 Å². The van der Waals surface area contributed by atoms with E-state index in [9.17, 15) is 0 Å². The Morgan fingerprint density at radius 2 is 2.00 bits per heavy atom. The molecule has 0 radical (unpaired) electrons. The highest BCUT2D eigenvalue weighted by atomic mass is 35.5. The molecule has 0 unspecified atom stereocenters. The van der Waals surface area contributed by atoms with E-state index in [4.69, 9.17) is 16.3 Å². The molecule has 4 heteroatoms. The molecule has 0 spiro atoms. The van der Waals surface area contributed by atoms with E-state index < -0.39 is 0 Å². The fourth-order valence-electron chi connectivity index (χ4n) is 3.00. The number of hydrogen-bond acceptors (Lipinski definition) is 2. The van der Waals surface area contributed by atoms with E-state index in [0.29, 0.717) is 5.02 Å². The van der Waals surface area contributed by atoms with Crippen LogP contribution in [0.3, 0.4) is 0 Å². The van der Waals surface area contributed by atoms with Crippen molar-refractivity contribution in [2.45, 2.75) is 12.8 Å². The van der Waals surface area contributed by atoms with Crippen LogP contribution in [0.5, 0.6) is 5.75 Å². The van der Waals surface area contributed by atoms with Crippen LogP contribution in [-0.2, 0) is 12.8 Å². The molecular weight excluding hydrogens is 284 g/mol. The number of fused-ring (bicyclic) bond motifs is 5. The molecule has 1 aliphatic rings. The van der Waals surface area contributed by atoms with Crippen molar-refractivity contribution in [3.63, 3.8) is 0 Å². The van der Waals surface area contributed by atoms with Crippen molar-refractivity contribution in [2.75, 3.05) is 7.11 Å². The number of pyridine rings is 1. The first-order valence-corrected chi connectivity index (χ1v) is 7.30. The van der Waals surface area contributed by atoms with E-state index in [2.05, 4.69) is 21.5 Å². The fourth-order valence-corrected chi connectivity index (χ4v) is 3.16. The summed E-state index contributed by atoms with van der Waals surface area (Å²) >= 11 is 6.17. The Hall–Kier alpha value is -2.13. The van der Waals surface area contributed by atoms with Crippen LogP contribution >= 0.6 is 11.6 Å². The minimum absolute atomic E-state index is 0.711. The standard InChI is InChI=1S/C17H14ClN2O/c1-21-14-5-6-15-11(8-14)2-3-12-9-19-16-7-4-13(18)10-20(16)17(12)15/h4-10H,2-3H2,1H3/q+1. The second-order valence-corrected chi connectivity index (χ2v) is 5.67.